The lowest BCUT2D eigenvalue weighted by molar-refractivity contribution is 0.126. The number of hydrogen-bond donors (Lipinski definition) is 0. The first kappa shape index (κ1) is 23.4. The van der Waals surface area contributed by atoms with Crippen molar-refractivity contribution in [2.24, 2.45) is 7.05 Å². The summed E-state index contributed by atoms with van der Waals surface area (Å²) in [5, 5.41) is 1.31. The number of rotatable bonds is 4. The molecule has 2 aliphatic rings. The van der Waals surface area contributed by atoms with E-state index in [9.17, 15) is 4.79 Å². The molecule has 3 aromatic heterocycles. The molecule has 1 fully saturated rings. The van der Waals surface area contributed by atoms with Gasteiger partial charge in [-0.25, -0.2) is 0 Å². The largest absolute Gasteiger partial charge is 0.489 e. The lowest BCUT2D eigenvalue weighted by Gasteiger charge is -2.39. The average Bonchev–Trinajstić information content (AvgIpc) is 3.13. The van der Waals surface area contributed by atoms with Gasteiger partial charge in [0.2, 0.25) is 0 Å². The van der Waals surface area contributed by atoms with Crippen LogP contribution in [0.2, 0.25) is 0 Å². The molecule has 0 aliphatic carbocycles. The molecule has 1 saturated heterocycles. The van der Waals surface area contributed by atoms with Crippen LogP contribution in [0.3, 0.4) is 0 Å². The quantitative estimate of drug-likeness (QED) is 0.414. The third-order valence-electron chi connectivity index (χ3n) is 7.51. The maximum absolute atomic E-state index is 12.9. The number of nitrogens with zero attached hydrogens (tertiary/aromatic N) is 4. The van der Waals surface area contributed by atoms with Crippen LogP contribution in [0.15, 0.2) is 59.7 Å². The van der Waals surface area contributed by atoms with Crippen molar-refractivity contribution >= 4 is 10.9 Å². The van der Waals surface area contributed by atoms with Gasteiger partial charge in [-0.05, 0) is 56.1 Å². The fraction of sp³-hybridized carbons (Fsp3) is 0.379. The van der Waals surface area contributed by atoms with Crippen LogP contribution in [0.5, 0.6) is 5.75 Å². The zero-order valence-electron chi connectivity index (χ0n) is 19.8. The van der Waals surface area contributed by atoms with E-state index in [1.54, 1.807) is 23.0 Å². The number of pyridine rings is 2. The second kappa shape index (κ2) is 9.34. The topological polar surface area (TPSA) is 52.3 Å². The van der Waals surface area contributed by atoms with Crippen LogP contribution in [-0.2, 0) is 26.6 Å². The summed E-state index contributed by atoms with van der Waals surface area (Å²) in [5.74, 6) is 0.564. The molecule has 6 rings (SSSR count). The zero-order chi connectivity index (χ0) is 23.2. The summed E-state index contributed by atoms with van der Waals surface area (Å²) in [5.41, 5.74) is 6.84. The number of ether oxygens (including phenoxy) is 1. The Bertz CT molecular complexity index is 1420. The van der Waals surface area contributed by atoms with Gasteiger partial charge in [0, 0.05) is 66.9 Å². The summed E-state index contributed by atoms with van der Waals surface area (Å²) >= 11 is 0. The van der Waals surface area contributed by atoms with E-state index in [1.807, 2.05) is 25.1 Å². The highest BCUT2D eigenvalue weighted by Crippen LogP contribution is 2.36. The standard InChI is InChI=1S/C28H30N4O2.CH4/c1-19-6-7-20(16-29-19)18-34-23-10-12-32(28(33)15-23)22-8-9-24-25-17-31-11-4-3-5-21(31)13-27(25)30(2)26(24)14-22;/h6-10,12,14-16,21H,3-5,11,13,17-18H2,1-2H3;1H4. The van der Waals surface area contributed by atoms with Gasteiger partial charge in [0.25, 0.3) is 5.56 Å². The van der Waals surface area contributed by atoms with Crippen molar-refractivity contribution < 1.29 is 4.74 Å². The molecule has 35 heavy (non-hydrogen) atoms. The van der Waals surface area contributed by atoms with Crippen LogP contribution in [0.25, 0.3) is 16.6 Å². The van der Waals surface area contributed by atoms with E-state index < -0.39 is 0 Å². The Morgan fingerprint density at radius 1 is 1.11 bits per heavy atom. The van der Waals surface area contributed by atoms with Gasteiger partial charge in [-0.2, -0.15) is 0 Å². The summed E-state index contributed by atoms with van der Waals surface area (Å²) in [6.45, 7) is 4.59. The molecule has 0 radical (unpaired) electrons. The van der Waals surface area contributed by atoms with Crippen LogP contribution >= 0.6 is 0 Å². The van der Waals surface area contributed by atoms with Gasteiger partial charge in [-0.1, -0.05) is 26.0 Å². The second-order valence-electron chi connectivity index (χ2n) is 9.68. The Kier molecular flexibility index (Phi) is 6.24. The third kappa shape index (κ3) is 4.27. The SMILES string of the molecule is C.Cc1ccc(COc2ccn(-c3ccc4c5c(n(C)c4c3)CC3CCCCN3C5)c(=O)c2)cn1. The summed E-state index contributed by atoms with van der Waals surface area (Å²) < 4.78 is 9.87. The highest BCUT2D eigenvalue weighted by Gasteiger charge is 2.31. The summed E-state index contributed by atoms with van der Waals surface area (Å²) in [6, 6.07) is 14.4. The molecule has 1 atom stereocenters. The van der Waals surface area contributed by atoms with Gasteiger partial charge in [-0.3, -0.25) is 19.2 Å². The predicted octanol–water partition coefficient (Wildman–Crippen LogP) is 5.16. The molecule has 182 valence electrons. The molecule has 0 saturated carbocycles. The van der Waals surface area contributed by atoms with Crippen molar-refractivity contribution in [2.75, 3.05) is 6.54 Å². The van der Waals surface area contributed by atoms with E-state index >= 15 is 0 Å². The van der Waals surface area contributed by atoms with Gasteiger partial charge in [0.1, 0.15) is 12.4 Å². The second-order valence-corrected chi connectivity index (χ2v) is 9.68. The lowest BCUT2D eigenvalue weighted by Crippen LogP contribution is -2.43. The monoisotopic (exact) mass is 470 g/mol. The van der Waals surface area contributed by atoms with Gasteiger partial charge in [0.05, 0.1) is 11.2 Å². The Morgan fingerprint density at radius 3 is 2.80 bits per heavy atom. The first-order valence-corrected chi connectivity index (χ1v) is 12.2. The summed E-state index contributed by atoms with van der Waals surface area (Å²) in [4.78, 5) is 19.9. The van der Waals surface area contributed by atoms with Crippen LogP contribution in [0.1, 0.15) is 49.2 Å². The number of hydrogen-bond acceptors (Lipinski definition) is 4. The minimum atomic E-state index is -0.102. The van der Waals surface area contributed by atoms with Crippen molar-refractivity contribution in [2.45, 2.75) is 59.2 Å². The minimum absolute atomic E-state index is 0. The van der Waals surface area contributed by atoms with Gasteiger partial charge >= 0.3 is 0 Å². The Hall–Kier alpha value is -3.38. The van der Waals surface area contributed by atoms with Crippen molar-refractivity contribution in [1.82, 2.24) is 19.0 Å². The first-order valence-electron chi connectivity index (χ1n) is 12.2. The highest BCUT2D eigenvalue weighted by molar-refractivity contribution is 5.87. The predicted molar refractivity (Wildman–Crippen MR) is 140 cm³/mol. The Morgan fingerprint density at radius 2 is 2.00 bits per heavy atom. The number of aryl methyl sites for hydroxylation is 2. The van der Waals surface area contributed by atoms with E-state index in [2.05, 4.69) is 39.7 Å². The van der Waals surface area contributed by atoms with Crippen LogP contribution < -0.4 is 10.3 Å². The molecule has 0 N–H and O–H groups in total. The normalized spacial score (nSPS) is 17.5. The van der Waals surface area contributed by atoms with E-state index in [4.69, 9.17) is 4.74 Å². The molecule has 0 spiro atoms. The first-order chi connectivity index (χ1) is 16.6. The van der Waals surface area contributed by atoms with Crippen molar-refractivity contribution in [3.8, 4) is 11.4 Å². The van der Waals surface area contributed by atoms with Crippen molar-refractivity contribution in [3.05, 3.63) is 87.7 Å². The maximum Gasteiger partial charge on any atom is 0.258 e. The molecule has 6 heteroatoms. The number of piperidine rings is 1. The average molecular weight is 471 g/mol. The van der Waals surface area contributed by atoms with Gasteiger partial charge < -0.3 is 9.30 Å². The Labute approximate surface area is 206 Å². The van der Waals surface area contributed by atoms with E-state index in [0.29, 0.717) is 18.4 Å². The van der Waals surface area contributed by atoms with Crippen molar-refractivity contribution in [3.63, 3.8) is 0 Å². The van der Waals surface area contributed by atoms with Crippen LogP contribution in [0, 0.1) is 6.92 Å². The molecule has 1 aromatic carbocycles. The molecule has 0 amide bonds. The molecule has 5 heterocycles. The van der Waals surface area contributed by atoms with Crippen LogP contribution in [0.4, 0.5) is 0 Å². The molecule has 4 aromatic rings. The molecule has 0 bridgehead atoms. The van der Waals surface area contributed by atoms with Gasteiger partial charge in [0.15, 0.2) is 0 Å². The lowest BCUT2D eigenvalue weighted by atomic mass is 9.91. The van der Waals surface area contributed by atoms with Crippen LogP contribution in [-0.4, -0.2) is 31.6 Å². The summed E-state index contributed by atoms with van der Waals surface area (Å²) in [7, 11) is 2.17. The smallest absolute Gasteiger partial charge is 0.258 e. The van der Waals surface area contributed by atoms with Crippen molar-refractivity contribution in [1.29, 1.82) is 0 Å². The summed E-state index contributed by atoms with van der Waals surface area (Å²) in [6.07, 6.45) is 8.68. The number of aromatic nitrogens is 3. The minimum Gasteiger partial charge on any atom is -0.489 e. The highest BCUT2D eigenvalue weighted by atomic mass is 16.5. The van der Waals surface area contributed by atoms with E-state index in [0.717, 1.165) is 29.9 Å². The van der Waals surface area contributed by atoms with E-state index in [-0.39, 0.29) is 13.0 Å². The molecule has 6 nitrogen and oxygen atoms in total. The third-order valence-corrected chi connectivity index (χ3v) is 7.51. The fourth-order valence-corrected chi connectivity index (χ4v) is 5.58. The molecular weight excluding hydrogens is 436 g/mol. The zero-order valence-corrected chi connectivity index (χ0v) is 19.8. The maximum atomic E-state index is 12.9. The van der Waals surface area contributed by atoms with Gasteiger partial charge in [-0.15, -0.1) is 0 Å². The molecule has 2 aliphatic heterocycles. The molecule has 1 unspecified atom stereocenters. The Balaban J connectivity index is 0.00000253. The number of fused-ring (bicyclic) bond motifs is 4. The van der Waals surface area contributed by atoms with E-state index in [1.165, 1.54) is 48.0 Å². The number of benzene rings is 1. The fourth-order valence-electron chi connectivity index (χ4n) is 5.58. The molecular formula is C29H34N4O2.